The number of aromatic nitrogens is 3. The van der Waals surface area contributed by atoms with Crippen LogP contribution in [0, 0.1) is 12.7 Å². The second-order valence-corrected chi connectivity index (χ2v) is 8.03. The molecule has 8 nitrogen and oxygen atoms in total. The smallest absolute Gasteiger partial charge is 0.416 e. The van der Waals surface area contributed by atoms with Gasteiger partial charge in [0.1, 0.15) is 29.4 Å². The maximum Gasteiger partial charge on any atom is 0.416 e. The minimum Gasteiger partial charge on any atom is -0.494 e. The quantitative estimate of drug-likeness (QED) is 0.549. The second-order valence-electron chi connectivity index (χ2n) is 8.03. The standard InChI is InChI=1S/C23H24F4N6O2/c1-15-29-14-33(30-15)20-6-5-18(12-21(20)35-2)31-7-9-32(10-8-31)22(34)28-13-16-3-4-17(11-19(16)24)23(25,26)27/h3-6,11-12,14H,7-10,13H2,1-2H3,(H,28,34). The Kier molecular flexibility index (Phi) is 6.81. The molecule has 0 unspecified atom stereocenters. The van der Waals surface area contributed by atoms with E-state index in [-0.39, 0.29) is 12.1 Å². The lowest BCUT2D eigenvalue weighted by atomic mass is 10.1. The van der Waals surface area contributed by atoms with Gasteiger partial charge in [-0.25, -0.2) is 18.9 Å². The molecule has 1 N–H and O–H groups in total. The van der Waals surface area contributed by atoms with Crippen molar-refractivity contribution in [2.45, 2.75) is 19.6 Å². The molecule has 0 radical (unpaired) electrons. The van der Waals surface area contributed by atoms with Crippen LogP contribution in [-0.2, 0) is 12.7 Å². The molecule has 2 aromatic carbocycles. The van der Waals surface area contributed by atoms with Crippen molar-refractivity contribution in [3.63, 3.8) is 0 Å². The van der Waals surface area contributed by atoms with Crippen molar-refractivity contribution in [2.75, 3.05) is 38.2 Å². The molecule has 0 spiro atoms. The average molecular weight is 492 g/mol. The van der Waals surface area contributed by atoms with Crippen molar-refractivity contribution in [2.24, 2.45) is 0 Å². The number of amides is 2. The molecule has 35 heavy (non-hydrogen) atoms. The van der Waals surface area contributed by atoms with E-state index in [0.717, 1.165) is 23.5 Å². The van der Waals surface area contributed by atoms with E-state index in [1.165, 1.54) is 0 Å². The fourth-order valence-electron chi connectivity index (χ4n) is 3.83. The molecule has 1 saturated heterocycles. The number of rotatable bonds is 5. The Morgan fingerprint density at radius 2 is 1.86 bits per heavy atom. The third kappa shape index (κ3) is 5.47. The summed E-state index contributed by atoms with van der Waals surface area (Å²) in [6.45, 7) is 3.57. The van der Waals surface area contributed by atoms with Crippen LogP contribution in [0.4, 0.5) is 28.0 Å². The van der Waals surface area contributed by atoms with Gasteiger partial charge in [0.25, 0.3) is 0 Å². The van der Waals surface area contributed by atoms with Gasteiger partial charge in [-0.2, -0.15) is 18.3 Å². The van der Waals surface area contributed by atoms with Gasteiger partial charge in [0.2, 0.25) is 0 Å². The summed E-state index contributed by atoms with van der Waals surface area (Å²) in [6, 6.07) is 7.59. The minimum absolute atomic E-state index is 0.0141. The molecule has 1 aliphatic heterocycles. The van der Waals surface area contributed by atoms with Crippen LogP contribution in [0.15, 0.2) is 42.7 Å². The third-order valence-corrected chi connectivity index (χ3v) is 5.76. The fraction of sp³-hybridized carbons (Fsp3) is 0.348. The molecule has 12 heteroatoms. The van der Waals surface area contributed by atoms with Gasteiger partial charge in [-0.1, -0.05) is 6.07 Å². The Labute approximate surface area is 199 Å². The van der Waals surface area contributed by atoms with E-state index in [9.17, 15) is 22.4 Å². The lowest BCUT2D eigenvalue weighted by Crippen LogP contribution is -2.51. The zero-order valence-electron chi connectivity index (χ0n) is 19.1. The van der Waals surface area contributed by atoms with E-state index in [2.05, 4.69) is 20.3 Å². The largest absolute Gasteiger partial charge is 0.494 e. The topological polar surface area (TPSA) is 75.5 Å². The van der Waals surface area contributed by atoms with E-state index in [1.807, 2.05) is 18.2 Å². The number of aryl methyl sites for hydroxylation is 1. The number of halogens is 4. The van der Waals surface area contributed by atoms with Crippen LogP contribution in [0.5, 0.6) is 5.75 Å². The number of carbonyl (C=O) groups excluding carboxylic acids is 1. The van der Waals surface area contributed by atoms with Crippen molar-refractivity contribution in [3.8, 4) is 11.4 Å². The SMILES string of the molecule is COc1cc(N2CCN(C(=O)NCc3ccc(C(F)(F)F)cc3F)CC2)ccc1-n1cnc(C)n1. The number of methoxy groups -OCH3 is 1. The van der Waals surface area contributed by atoms with Crippen molar-refractivity contribution >= 4 is 11.7 Å². The summed E-state index contributed by atoms with van der Waals surface area (Å²) in [7, 11) is 1.58. The summed E-state index contributed by atoms with van der Waals surface area (Å²) in [5.74, 6) is 0.265. The molecule has 1 aliphatic rings. The van der Waals surface area contributed by atoms with Crippen LogP contribution >= 0.6 is 0 Å². The number of carbonyl (C=O) groups is 1. The Bertz CT molecular complexity index is 1200. The van der Waals surface area contributed by atoms with E-state index < -0.39 is 23.6 Å². The monoisotopic (exact) mass is 492 g/mol. The van der Waals surface area contributed by atoms with Gasteiger partial charge in [0.15, 0.2) is 0 Å². The number of alkyl halides is 3. The molecule has 0 atom stereocenters. The van der Waals surface area contributed by atoms with Gasteiger partial charge < -0.3 is 19.9 Å². The average Bonchev–Trinajstić information content (AvgIpc) is 3.28. The third-order valence-electron chi connectivity index (χ3n) is 5.76. The first kappa shape index (κ1) is 24.3. The fourth-order valence-corrected chi connectivity index (χ4v) is 3.83. The highest BCUT2D eigenvalue weighted by Gasteiger charge is 2.31. The zero-order chi connectivity index (χ0) is 25.2. The molecule has 0 aliphatic carbocycles. The normalized spacial score (nSPS) is 14.2. The van der Waals surface area contributed by atoms with Gasteiger partial charge in [0.05, 0.1) is 12.7 Å². The Hall–Kier alpha value is -3.83. The summed E-state index contributed by atoms with van der Waals surface area (Å²) in [6.07, 6.45) is -3.01. The summed E-state index contributed by atoms with van der Waals surface area (Å²) in [5, 5.41) is 6.89. The van der Waals surface area contributed by atoms with Crippen LogP contribution in [0.25, 0.3) is 5.69 Å². The first-order valence-corrected chi connectivity index (χ1v) is 10.9. The van der Waals surface area contributed by atoms with E-state index >= 15 is 0 Å². The zero-order valence-corrected chi connectivity index (χ0v) is 19.1. The van der Waals surface area contributed by atoms with E-state index in [0.29, 0.717) is 43.8 Å². The number of anilines is 1. The van der Waals surface area contributed by atoms with Crippen LogP contribution in [-0.4, -0.2) is 59.0 Å². The number of hydrogen-bond donors (Lipinski definition) is 1. The van der Waals surface area contributed by atoms with Crippen molar-refractivity contribution in [1.82, 2.24) is 25.0 Å². The molecular formula is C23H24F4N6O2. The molecule has 186 valence electrons. The maximum atomic E-state index is 14.0. The summed E-state index contributed by atoms with van der Waals surface area (Å²) < 4.78 is 59.3. The molecule has 0 bridgehead atoms. The summed E-state index contributed by atoms with van der Waals surface area (Å²) >= 11 is 0. The maximum absolute atomic E-state index is 14.0. The van der Waals surface area contributed by atoms with E-state index in [4.69, 9.17) is 4.74 Å². The molecule has 0 saturated carbocycles. The number of nitrogens with zero attached hydrogens (tertiary/aromatic N) is 5. The molecule has 1 aromatic heterocycles. The molecule has 3 aromatic rings. The van der Waals surface area contributed by atoms with Gasteiger partial charge >= 0.3 is 12.2 Å². The number of nitrogens with one attached hydrogen (secondary N) is 1. The first-order valence-electron chi connectivity index (χ1n) is 10.9. The number of hydrogen-bond acceptors (Lipinski definition) is 5. The summed E-state index contributed by atoms with van der Waals surface area (Å²) in [5.41, 5.74) is 0.599. The first-order chi connectivity index (χ1) is 16.7. The lowest BCUT2D eigenvalue weighted by molar-refractivity contribution is -0.137. The van der Waals surface area contributed by atoms with Crippen LogP contribution in [0.1, 0.15) is 17.0 Å². The van der Waals surface area contributed by atoms with Gasteiger partial charge in [-0.15, -0.1) is 0 Å². The molecule has 1 fully saturated rings. The van der Waals surface area contributed by atoms with Gasteiger partial charge in [0, 0.05) is 50.0 Å². The highest BCUT2D eigenvalue weighted by Crippen LogP contribution is 2.31. The molecule has 2 amide bonds. The summed E-state index contributed by atoms with van der Waals surface area (Å²) in [4.78, 5) is 20.3. The second kappa shape index (κ2) is 9.80. The Morgan fingerprint density at radius 1 is 1.11 bits per heavy atom. The number of piperazine rings is 1. The lowest BCUT2D eigenvalue weighted by Gasteiger charge is -2.36. The molecular weight excluding hydrogens is 468 g/mol. The molecule has 4 rings (SSSR count). The number of urea groups is 1. The highest BCUT2D eigenvalue weighted by molar-refractivity contribution is 5.74. The van der Waals surface area contributed by atoms with Crippen LogP contribution < -0.4 is 15.0 Å². The highest BCUT2D eigenvalue weighted by atomic mass is 19.4. The number of ether oxygens (including phenoxy) is 1. The predicted octanol–water partition coefficient (Wildman–Crippen LogP) is 3.77. The van der Waals surface area contributed by atoms with Crippen molar-refractivity contribution < 1.29 is 27.1 Å². The predicted molar refractivity (Wildman–Crippen MR) is 120 cm³/mol. The minimum atomic E-state index is -4.62. The van der Waals surface area contributed by atoms with Crippen molar-refractivity contribution in [3.05, 3.63) is 65.5 Å². The van der Waals surface area contributed by atoms with Crippen LogP contribution in [0.2, 0.25) is 0 Å². The molecule has 2 heterocycles. The van der Waals surface area contributed by atoms with Crippen LogP contribution in [0.3, 0.4) is 0 Å². The van der Waals surface area contributed by atoms with Gasteiger partial charge in [-0.05, 0) is 31.2 Å². The Balaban J connectivity index is 1.33. The van der Waals surface area contributed by atoms with E-state index in [1.54, 1.807) is 29.9 Å². The Morgan fingerprint density at radius 3 is 2.46 bits per heavy atom. The van der Waals surface area contributed by atoms with Gasteiger partial charge in [-0.3, -0.25) is 0 Å². The van der Waals surface area contributed by atoms with Crippen molar-refractivity contribution in [1.29, 1.82) is 0 Å². The number of benzene rings is 2.